The second kappa shape index (κ2) is 5.10. The van der Waals surface area contributed by atoms with E-state index in [1.807, 2.05) is 0 Å². The number of carbonyl (C=O) groups is 4. The summed E-state index contributed by atoms with van der Waals surface area (Å²) in [4.78, 5) is 44.1. The fourth-order valence-electron chi connectivity index (χ4n) is 1.08. The van der Waals surface area contributed by atoms with Gasteiger partial charge in [0.2, 0.25) is 17.7 Å². The van der Waals surface area contributed by atoms with Crippen LogP contribution in [0.4, 0.5) is 0 Å². The van der Waals surface area contributed by atoms with Crippen LogP contribution in [0.25, 0.3) is 0 Å². The molecular weight excluding hydrogens is 216 g/mol. The highest BCUT2D eigenvalue weighted by Gasteiger charge is 2.22. The highest BCUT2D eigenvalue weighted by molar-refractivity contribution is 5.90. The van der Waals surface area contributed by atoms with Gasteiger partial charge in [0.25, 0.3) is 5.91 Å². The summed E-state index contributed by atoms with van der Waals surface area (Å²) in [5, 5.41) is 0.695. The van der Waals surface area contributed by atoms with Crippen LogP contribution in [0.1, 0.15) is 25.7 Å². The molecule has 1 saturated heterocycles. The minimum Gasteiger partial charge on any atom is -0.370 e. The van der Waals surface area contributed by atoms with Crippen molar-refractivity contribution >= 4 is 23.6 Å². The molecule has 0 radical (unpaired) electrons. The van der Waals surface area contributed by atoms with Gasteiger partial charge in [-0.25, -0.2) is 10.9 Å². The second-order valence-corrected chi connectivity index (χ2v) is 3.27. The SMILES string of the molecule is NC(=O)CCC(=O)N1NC(=O)CCC(=O)N1. The number of hydrazine groups is 2. The van der Waals surface area contributed by atoms with E-state index in [2.05, 4.69) is 10.9 Å². The molecule has 1 aliphatic rings. The van der Waals surface area contributed by atoms with Crippen molar-refractivity contribution in [3.63, 3.8) is 0 Å². The predicted molar refractivity (Wildman–Crippen MR) is 50.8 cm³/mol. The Morgan fingerprint density at radius 1 is 1.12 bits per heavy atom. The number of rotatable bonds is 3. The summed E-state index contributed by atoms with van der Waals surface area (Å²) < 4.78 is 0. The van der Waals surface area contributed by atoms with Crippen LogP contribution in [-0.2, 0) is 19.2 Å². The average Bonchev–Trinajstić information content (AvgIpc) is 2.37. The number of primary amides is 1. The average molecular weight is 228 g/mol. The standard InChI is InChI=1S/C8H12N4O4/c9-5(13)1-4-8(16)12-10-6(14)2-3-7(15)11-12/h1-4H2,(H2,9,13)(H,10,14)(H,11,15). The van der Waals surface area contributed by atoms with Gasteiger partial charge in [-0.3, -0.25) is 19.2 Å². The third-order valence-electron chi connectivity index (χ3n) is 1.89. The Bertz CT molecular complexity index is 323. The molecule has 0 aromatic rings. The van der Waals surface area contributed by atoms with E-state index >= 15 is 0 Å². The van der Waals surface area contributed by atoms with Crippen molar-refractivity contribution in [3.05, 3.63) is 0 Å². The number of hydrogen-bond donors (Lipinski definition) is 3. The summed E-state index contributed by atoms with van der Waals surface area (Å²) in [6.07, 6.45) is -0.270. The largest absolute Gasteiger partial charge is 0.370 e. The normalized spacial score (nSPS) is 16.1. The van der Waals surface area contributed by atoms with E-state index in [4.69, 9.17) is 5.73 Å². The van der Waals surface area contributed by atoms with Gasteiger partial charge in [-0.05, 0) is 0 Å². The second-order valence-electron chi connectivity index (χ2n) is 3.27. The van der Waals surface area contributed by atoms with Crippen LogP contribution in [0.5, 0.6) is 0 Å². The van der Waals surface area contributed by atoms with Crippen molar-refractivity contribution in [1.82, 2.24) is 16.0 Å². The van der Waals surface area contributed by atoms with Crippen LogP contribution in [0, 0.1) is 0 Å². The molecule has 1 aliphatic heterocycles. The molecule has 0 aliphatic carbocycles. The maximum atomic E-state index is 11.4. The van der Waals surface area contributed by atoms with E-state index in [0.29, 0.717) is 5.12 Å². The number of carbonyl (C=O) groups excluding carboxylic acids is 4. The monoisotopic (exact) mass is 228 g/mol. The van der Waals surface area contributed by atoms with Gasteiger partial charge in [0.05, 0.1) is 0 Å². The maximum absolute atomic E-state index is 11.4. The van der Waals surface area contributed by atoms with E-state index < -0.39 is 23.6 Å². The van der Waals surface area contributed by atoms with E-state index in [-0.39, 0.29) is 25.7 Å². The van der Waals surface area contributed by atoms with Gasteiger partial charge in [0, 0.05) is 25.7 Å². The predicted octanol–water partition coefficient (Wildman–Crippen LogP) is -2.06. The van der Waals surface area contributed by atoms with Crippen LogP contribution in [0.2, 0.25) is 0 Å². The lowest BCUT2D eigenvalue weighted by molar-refractivity contribution is -0.148. The van der Waals surface area contributed by atoms with Gasteiger partial charge in [-0.2, -0.15) is 5.12 Å². The quantitative estimate of drug-likeness (QED) is 0.514. The van der Waals surface area contributed by atoms with Crippen molar-refractivity contribution in [2.75, 3.05) is 0 Å². The van der Waals surface area contributed by atoms with Gasteiger partial charge in [-0.15, -0.1) is 0 Å². The summed E-state index contributed by atoms with van der Waals surface area (Å²) in [7, 11) is 0. The molecular formula is C8H12N4O4. The molecule has 0 aromatic heterocycles. The Morgan fingerprint density at radius 2 is 1.62 bits per heavy atom. The molecule has 1 fully saturated rings. The van der Waals surface area contributed by atoms with Crippen molar-refractivity contribution in [2.24, 2.45) is 5.73 Å². The van der Waals surface area contributed by atoms with E-state index in [0.717, 1.165) is 0 Å². The first-order chi connectivity index (χ1) is 7.49. The molecule has 0 spiro atoms. The number of nitrogens with zero attached hydrogens (tertiary/aromatic N) is 1. The molecule has 0 aromatic carbocycles. The number of hydrogen-bond acceptors (Lipinski definition) is 4. The smallest absolute Gasteiger partial charge is 0.261 e. The van der Waals surface area contributed by atoms with Crippen molar-refractivity contribution in [3.8, 4) is 0 Å². The molecule has 8 heteroatoms. The molecule has 0 saturated carbocycles. The van der Waals surface area contributed by atoms with E-state index in [1.165, 1.54) is 0 Å². The molecule has 0 atom stereocenters. The molecule has 16 heavy (non-hydrogen) atoms. The van der Waals surface area contributed by atoms with Gasteiger partial charge in [0.15, 0.2) is 0 Å². The van der Waals surface area contributed by atoms with Crippen LogP contribution in [0.15, 0.2) is 0 Å². The molecule has 88 valence electrons. The first-order valence-corrected chi connectivity index (χ1v) is 4.69. The third kappa shape index (κ3) is 3.56. The van der Waals surface area contributed by atoms with Gasteiger partial charge < -0.3 is 5.73 Å². The van der Waals surface area contributed by atoms with Crippen LogP contribution in [-0.4, -0.2) is 28.7 Å². The van der Waals surface area contributed by atoms with Gasteiger partial charge in [-0.1, -0.05) is 0 Å². The summed E-state index contributed by atoms with van der Waals surface area (Å²) in [5.74, 6) is -2.10. The molecule has 4 amide bonds. The number of amides is 4. The number of nitrogens with two attached hydrogens (primary N) is 1. The highest BCUT2D eigenvalue weighted by atomic mass is 16.2. The zero-order chi connectivity index (χ0) is 12.1. The first kappa shape index (κ1) is 12.0. The van der Waals surface area contributed by atoms with Crippen LogP contribution >= 0.6 is 0 Å². The molecule has 0 unspecified atom stereocenters. The molecule has 8 nitrogen and oxygen atoms in total. The van der Waals surface area contributed by atoms with Crippen LogP contribution in [0.3, 0.4) is 0 Å². The van der Waals surface area contributed by atoms with Gasteiger partial charge in [0.1, 0.15) is 0 Å². The first-order valence-electron chi connectivity index (χ1n) is 4.69. The molecule has 4 N–H and O–H groups in total. The summed E-state index contributed by atoms with van der Waals surface area (Å²) >= 11 is 0. The lowest BCUT2D eigenvalue weighted by atomic mass is 10.3. The fourth-order valence-corrected chi connectivity index (χ4v) is 1.08. The zero-order valence-electron chi connectivity index (χ0n) is 8.49. The Kier molecular flexibility index (Phi) is 3.81. The Morgan fingerprint density at radius 3 is 2.06 bits per heavy atom. The van der Waals surface area contributed by atoms with Crippen molar-refractivity contribution in [2.45, 2.75) is 25.7 Å². The molecule has 0 bridgehead atoms. The summed E-state index contributed by atoms with van der Waals surface area (Å²) in [5.41, 5.74) is 9.26. The highest BCUT2D eigenvalue weighted by Crippen LogP contribution is 1.99. The zero-order valence-corrected chi connectivity index (χ0v) is 8.49. The lowest BCUT2D eigenvalue weighted by Gasteiger charge is -2.20. The fraction of sp³-hybridized carbons (Fsp3) is 0.500. The molecule has 1 rings (SSSR count). The topological polar surface area (TPSA) is 122 Å². The van der Waals surface area contributed by atoms with Crippen molar-refractivity contribution < 1.29 is 19.2 Å². The Labute approximate surface area is 91.1 Å². The Hall–Kier alpha value is -2.12. The van der Waals surface area contributed by atoms with E-state index in [9.17, 15) is 19.2 Å². The lowest BCUT2D eigenvalue weighted by Crippen LogP contribution is -2.53. The minimum absolute atomic E-state index is 0.0193. The molecule has 1 heterocycles. The van der Waals surface area contributed by atoms with E-state index in [1.54, 1.807) is 0 Å². The Balaban J connectivity index is 2.55. The van der Waals surface area contributed by atoms with Crippen molar-refractivity contribution in [1.29, 1.82) is 0 Å². The minimum atomic E-state index is -0.624. The third-order valence-corrected chi connectivity index (χ3v) is 1.89. The maximum Gasteiger partial charge on any atom is 0.261 e. The van der Waals surface area contributed by atoms with Gasteiger partial charge >= 0.3 is 0 Å². The van der Waals surface area contributed by atoms with Crippen LogP contribution < -0.4 is 16.6 Å². The summed E-state index contributed by atoms with van der Waals surface area (Å²) in [6, 6.07) is 0. The number of nitrogens with one attached hydrogen (secondary N) is 2. The summed E-state index contributed by atoms with van der Waals surface area (Å²) in [6.45, 7) is 0.